The maximum Gasteiger partial charge on any atom is 0.252 e. The van der Waals surface area contributed by atoms with Gasteiger partial charge in [0.1, 0.15) is 5.60 Å². The number of carbonyl (C=O) groups excluding carboxylic acids is 1. The molecule has 1 aliphatic heterocycles. The molecule has 0 bridgehead atoms. The minimum Gasteiger partial charge on any atom is -0.368 e. The van der Waals surface area contributed by atoms with E-state index in [9.17, 15) is 4.79 Å². The van der Waals surface area contributed by atoms with Crippen molar-refractivity contribution in [2.45, 2.75) is 25.0 Å². The van der Waals surface area contributed by atoms with Gasteiger partial charge in [-0.1, -0.05) is 42.5 Å². The summed E-state index contributed by atoms with van der Waals surface area (Å²) in [4.78, 5) is 12.6. The molecule has 1 aliphatic rings. The third-order valence-electron chi connectivity index (χ3n) is 4.54. The number of carbonyl (C=O) groups is 1. The molecule has 2 aromatic rings. The van der Waals surface area contributed by atoms with Gasteiger partial charge in [-0.3, -0.25) is 4.79 Å². The zero-order valence-electron chi connectivity index (χ0n) is 13.3. The lowest BCUT2D eigenvalue weighted by Crippen LogP contribution is -2.53. The van der Waals surface area contributed by atoms with E-state index in [0.717, 1.165) is 18.7 Å². The number of piperidine rings is 1. The zero-order valence-corrected chi connectivity index (χ0v) is 14.1. The summed E-state index contributed by atoms with van der Waals surface area (Å²) < 4.78 is 5.56. The Labute approximate surface area is 143 Å². The van der Waals surface area contributed by atoms with Gasteiger partial charge in [0.05, 0.1) is 0 Å². The first-order valence-corrected chi connectivity index (χ1v) is 7.76. The molecule has 2 aromatic carbocycles. The Morgan fingerprint density at radius 2 is 1.87 bits per heavy atom. The van der Waals surface area contributed by atoms with Gasteiger partial charge in [-0.25, -0.2) is 0 Å². The van der Waals surface area contributed by atoms with E-state index in [2.05, 4.69) is 34.9 Å². The van der Waals surface area contributed by atoms with E-state index in [1.807, 2.05) is 18.2 Å². The number of halogens is 1. The van der Waals surface area contributed by atoms with Crippen LogP contribution in [0.15, 0.2) is 42.5 Å². The lowest BCUT2D eigenvalue weighted by Gasteiger charge is -2.34. The number of ether oxygens (including phenoxy) is 1. The Morgan fingerprint density at radius 1 is 1.17 bits per heavy atom. The van der Waals surface area contributed by atoms with Crippen LogP contribution in [-0.2, 0) is 16.1 Å². The fraction of sp³-hybridized carbons (Fsp3) is 0.389. The quantitative estimate of drug-likeness (QED) is 0.903. The molecule has 5 heteroatoms. The fourth-order valence-corrected chi connectivity index (χ4v) is 3.14. The highest BCUT2D eigenvalue weighted by Gasteiger charge is 2.39. The van der Waals surface area contributed by atoms with Crippen molar-refractivity contribution in [1.29, 1.82) is 0 Å². The van der Waals surface area contributed by atoms with Gasteiger partial charge in [0, 0.05) is 13.7 Å². The van der Waals surface area contributed by atoms with Crippen LogP contribution < -0.4 is 10.6 Å². The summed E-state index contributed by atoms with van der Waals surface area (Å²) in [5.74, 6) is -0.00978. The number of methoxy groups -OCH3 is 1. The van der Waals surface area contributed by atoms with Crippen LogP contribution in [0.4, 0.5) is 0 Å². The van der Waals surface area contributed by atoms with E-state index in [1.54, 1.807) is 7.11 Å². The van der Waals surface area contributed by atoms with Gasteiger partial charge in [-0.2, -0.15) is 0 Å². The predicted molar refractivity (Wildman–Crippen MR) is 94.9 cm³/mol. The summed E-state index contributed by atoms with van der Waals surface area (Å²) >= 11 is 0. The minimum atomic E-state index is -0.685. The van der Waals surface area contributed by atoms with Crippen molar-refractivity contribution >= 4 is 29.1 Å². The lowest BCUT2D eigenvalue weighted by atomic mass is 9.91. The van der Waals surface area contributed by atoms with E-state index in [4.69, 9.17) is 4.74 Å². The van der Waals surface area contributed by atoms with Crippen LogP contribution in [0.5, 0.6) is 0 Å². The predicted octanol–water partition coefficient (Wildman–Crippen LogP) is 2.65. The van der Waals surface area contributed by atoms with Gasteiger partial charge < -0.3 is 15.4 Å². The number of nitrogens with one attached hydrogen (secondary N) is 2. The Hall–Kier alpha value is -1.62. The van der Waals surface area contributed by atoms with E-state index in [-0.39, 0.29) is 18.3 Å². The molecule has 3 rings (SSSR count). The molecule has 2 N–H and O–H groups in total. The SMILES string of the molecule is COC1(C(=O)NCc2cccc3ccccc23)CCNCC1.Cl. The van der Waals surface area contributed by atoms with Crippen molar-refractivity contribution in [3.05, 3.63) is 48.0 Å². The van der Waals surface area contributed by atoms with E-state index in [0.29, 0.717) is 19.4 Å². The highest BCUT2D eigenvalue weighted by molar-refractivity contribution is 5.88. The maximum atomic E-state index is 12.6. The standard InChI is InChI=1S/C18H22N2O2.ClH/c1-22-18(9-11-19-12-10-18)17(21)20-13-15-7-4-6-14-5-2-3-8-16(14)15;/h2-8,19H,9-13H2,1H3,(H,20,21);1H. The van der Waals surface area contributed by atoms with E-state index < -0.39 is 5.60 Å². The second kappa shape index (κ2) is 7.77. The Morgan fingerprint density at radius 3 is 2.61 bits per heavy atom. The van der Waals surface area contributed by atoms with Crippen molar-refractivity contribution in [2.75, 3.05) is 20.2 Å². The topological polar surface area (TPSA) is 50.4 Å². The van der Waals surface area contributed by atoms with Crippen LogP contribution in [-0.4, -0.2) is 31.7 Å². The number of benzene rings is 2. The van der Waals surface area contributed by atoms with Gasteiger partial charge >= 0.3 is 0 Å². The van der Waals surface area contributed by atoms with Gasteiger partial charge in [0.25, 0.3) is 5.91 Å². The van der Waals surface area contributed by atoms with Crippen molar-refractivity contribution in [1.82, 2.24) is 10.6 Å². The largest absolute Gasteiger partial charge is 0.368 e. The van der Waals surface area contributed by atoms with Crippen LogP contribution >= 0.6 is 12.4 Å². The second-order valence-electron chi connectivity index (χ2n) is 5.77. The second-order valence-corrected chi connectivity index (χ2v) is 5.77. The summed E-state index contributed by atoms with van der Waals surface area (Å²) in [5, 5.41) is 8.70. The highest BCUT2D eigenvalue weighted by atomic mass is 35.5. The van der Waals surface area contributed by atoms with E-state index in [1.165, 1.54) is 10.8 Å². The minimum absolute atomic E-state index is 0. The molecule has 1 heterocycles. The number of rotatable bonds is 4. The van der Waals surface area contributed by atoms with Gasteiger partial charge in [-0.05, 0) is 42.3 Å². The monoisotopic (exact) mass is 334 g/mol. The summed E-state index contributed by atoms with van der Waals surface area (Å²) in [6.07, 6.45) is 1.43. The maximum absolute atomic E-state index is 12.6. The molecule has 1 fully saturated rings. The third kappa shape index (κ3) is 3.66. The average molecular weight is 335 g/mol. The molecule has 0 atom stereocenters. The molecule has 1 amide bonds. The number of hydrogen-bond donors (Lipinski definition) is 2. The normalized spacial score (nSPS) is 16.6. The van der Waals surface area contributed by atoms with Crippen molar-refractivity contribution in [3.63, 3.8) is 0 Å². The van der Waals surface area contributed by atoms with Gasteiger partial charge in [0.15, 0.2) is 0 Å². The van der Waals surface area contributed by atoms with Crippen LogP contribution in [0.3, 0.4) is 0 Å². The van der Waals surface area contributed by atoms with Crippen molar-refractivity contribution in [3.8, 4) is 0 Å². The summed E-state index contributed by atoms with van der Waals surface area (Å²) in [6, 6.07) is 14.4. The fourth-order valence-electron chi connectivity index (χ4n) is 3.14. The molecule has 0 spiro atoms. The Kier molecular flexibility index (Phi) is 5.99. The van der Waals surface area contributed by atoms with Crippen LogP contribution in [0.1, 0.15) is 18.4 Å². The van der Waals surface area contributed by atoms with Gasteiger partial charge in [0.2, 0.25) is 0 Å². The van der Waals surface area contributed by atoms with Gasteiger partial charge in [-0.15, -0.1) is 12.4 Å². The summed E-state index contributed by atoms with van der Waals surface area (Å²) in [7, 11) is 1.63. The molecule has 23 heavy (non-hydrogen) atoms. The average Bonchev–Trinajstić information content (AvgIpc) is 2.60. The Balaban J connectivity index is 0.00000192. The molecule has 0 saturated carbocycles. The van der Waals surface area contributed by atoms with Crippen molar-refractivity contribution < 1.29 is 9.53 Å². The molecule has 4 nitrogen and oxygen atoms in total. The number of fused-ring (bicyclic) bond motifs is 1. The molecular weight excluding hydrogens is 312 g/mol. The molecule has 0 aromatic heterocycles. The Bertz CT molecular complexity index is 664. The summed E-state index contributed by atoms with van der Waals surface area (Å²) in [5.41, 5.74) is 0.446. The molecule has 0 radical (unpaired) electrons. The van der Waals surface area contributed by atoms with E-state index >= 15 is 0 Å². The van der Waals surface area contributed by atoms with Crippen LogP contribution in [0, 0.1) is 0 Å². The van der Waals surface area contributed by atoms with Crippen LogP contribution in [0.2, 0.25) is 0 Å². The zero-order chi connectivity index (χ0) is 15.4. The number of amides is 1. The lowest BCUT2D eigenvalue weighted by molar-refractivity contribution is -0.146. The molecule has 0 aliphatic carbocycles. The first kappa shape index (κ1) is 17.7. The summed E-state index contributed by atoms with van der Waals surface area (Å²) in [6.45, 7) is 2.16. The first-order chi connectivity index (χ1) is 10.7. The molecule has 124 valence electrons. The molecular formula is C18H23ClN2O2. The highest BCUT2D eigenvalue weighted by Crippen LogP contribution is 2.23. The smallest absolute Gasteiger partial charge is 0.252 e. The van der Waals surface area contributed by atoms with Crippen molar-refractivity contribution in [2.24, 2.45) is 0 Å². The van der Waals surface area contributed by atoms with Crippen LogP contribution in [0.25, 0.3) is 10.8 Å². The third-order valence-corrected chi connectivity index (χ3v) is 4.54. The molecule has 1 saturated heterocycles. The first-order valence-electron chi connectivity index (χ1n) is 7.76. The number of hydrogen-bond acceptors (Lipinski definition) is 3. The molecule has 0 unspecified atom stereocenters.